The summed E-state index contributed by atoms with van der Waals surface area (Å²) in [6.45, 7) is 17.3. The quantitative estimate of drug-likeness (QED) is 0.142. The summed E-state index contributed by atoms with van der Waals surface area (Å²) >= 11 is 0. The van der Waals surface area contributed by atoms with Gasteiger partial charge in [-0.3, -0.25) is 4.79 Å². The summed E-state index contributed by atoms with van der Waals surface area (Å²) in [4.78, 5) is 15.5. The van der Waals surface area contributed by atoms with E-state index in [2.05, 4.69) is 43.1 Å². The summed E-state index contributed by atoms with van der Waals surface area (Å²) in [6, 6.07) is 0.410. The Morgan fingerprint density at radius 1 is 1.17 bits per heavy atom. The van der Waals surface area contributed by atoms with Gasteiger partial charge < -0.3 is 23.4 Å². The minimum absolute atomic E-state index is 0.00459. The Hall–Kier alpha value is -1.05. The number of ketones is 1. The van der Waals surface area contributed by atoms with Gasteiger partial charge in [0, 0.05) is 26.3 Å². The van der Waals surface area contributed by atoms with Crippen molar-refractivity contribution in [2.75, 3.05) is 46.2 Å². The Bertz CT molecular complexity index is 528. The van der Waals surface area contributed by atoms with Crippen LogP contribution in [0.25, 0.3) is 4.85 Å². The molecule has 0 aromatic heterocycles. The van der Waals surface area contributed by atoms with Crippen molar-refractivity contribution < 1.29 is 24.7 Å². The summed E-state index contributed by atoms with van der Waals surface area (Å²) in [6.07, 6.45) is 5.91. The second kappa shape index (κ2) is 17.8. The highest BCUT2D eigenvalue weighted by atomic mass is 31.2. The summed E-state index contributed by atoms with van der Waals surface area (Å²) < 4.78 is 32.3. The topological polar surface area (TPSA) is 61.6 Å². The molecule has 2 atom stereocenters. The molecule has 0 radical (unpaired) electrons. The highest BCUT2D eigenvalue weighted by molar-refractivity contribution is 7.44. The van der Waals surface area contributed by atoms with Crippen LogP contribution in [0.1, 0.15) is 48.8 Å². The van der Waals surface area contributed by atoms with E-state index < -0.39 is 8.53 Å². The molecule has 0 saturated carbocycles. The zero-order valence-electron chi connectivity index (χ0n) is 19.3. The molecule has 0 aliphatic rings. The van der Waals surface area contributed by atoms with Gasteiger partial charge in [-0.25, -0.2) is 11.2 Å². The lowest BCUT2D eigenvalue weighted by Gasteiger charge is -2.35. The predicted molar refractivity (Wildman–Crippen MR) is 116 cm³/mol. The first-order valence-electron chi connectivity index (χ1n) is 10.6. The van der Waals surface area contributed by atoms with Crippen LogP contribution in [0, 0.1) is 24.8 Å². The normalized spacial score (nSPS) is 13.9. The largest absolute Gasteiger partial charge is 0.378 e. The maximum Gasteiger partial charge on any atom is 0.259 e. The highest BCUT2D eigenvalue weighted by Crippen LogP contribution is 2.46. The SMILES string of the molecule is [2H]CC(COP(OCC[N+]#[C-])N(C(C)C)C(C)C)CC(=O)COCCOCCC#C. The molecule has 2 unspecified atom stereocenters. The smallest absolute Gasteiger partial charge is 0.259 e. The fourth-order valence-corrected chi connectivity index (χ4v) is 4.13. The number of hydrogen-bond acceptors (Lipinski definition) is 6. The molecule has 0 spiro atoms. The fourth-order valence-electron chi connectivity index (χ4n) is 2.45. The number of terminal acetylenes is 1. The number of rotatable bonds is 18. The third kappa shape index (κ3) is 14.6. The molecular formula is C21H37N2O5P. The Labute approximate surface area is 179 Å². The van der Waals surface area contributed by atoms with Crippen molar-refractivity contribution in [3.63, 3.8) is 0 Å². The molecule has 8 heteroatoms. The van der Waals surface area contributed by atoms with E-state index in [1.807, 2.05) is 0 Å². The van der Waals surface area contributed by atoms with Crippen molar-refractivity contribution in [2.24, 2.45) is 5.92 Å². The van der Waals surface area contributed by atoms with Crippen molar-refractivity contribution in [1.29, 1.82) is 0 Å². The van der Waals surface area contributed by atoms with Crippen LogP contribution in [0.15, 0.2) is 0 Å². The Morgan fingerprint density at radius 2 is 1.86 bits per heavy atom. The van der Waals surface area contributed by atoms with Crippen LogP contribution in [0.2, 0.25) is 0 Å². The van der Waals surface area contributed by atoms with Crippen LogP contribution in [0.4, 0.5) is 0 Å². The van der Waals surface area contributed by atoms with E-state index in [-0.39, 0.29) is 56.9 Å². The van der Waals surface area contributed by atoms with Crippen LogP contribution >= 0.6 is 8.53 Å². The standard InChI is InChI=1S/C21H37N2O5P/c1-8-9-11-25-13-14-26-17-21(24)15-20(6)16-28-29(27-12-10-22-7)23(18(2)3)19(4)5/h1,18-20H,9-17H2,2-6H3/i6D. The first-order chi connectivity index (χ1) is 14.4. The van der Waals surface area contributed by atoms with Crippen molar-refractivity contribution in [3.8, 4) is 12.3 Å². The van der Waals surface area contributed by atoms with E-state index in [1.165, 1.54) is 0 Å². The summed E-state index contributed by atoms with van der Waals surface area (Å²) in [5.74, 6) is 2.18. The maximum absolute atomic E-state index is 12.2. The fraction of sp³-hybridized carbons (Fsp3) is 0.810. The van der Waals surface area contributed by atoms with Crippen LogP contribution in [0.5, 0.6) is 0 Å². The summed E-state index contributed by atoms with van der Waals surface area (Å²) in [7, 11) is -1.37. The van der Waals surface area contributed by atoms with E-state index >= 15 is 0 Å². The summed E-state index contributed by atoms with van der Waals surface area (Å²) in [5, 5.41) is 0. The third-order valence-corrected chi connectivity index (χ3v) is 5.69. The number of hydrogen-bond donors (Lipinski definition) is 0. The second-order valence-corrected chi connectivity index (χ2v) is 8.50. The molecule has 0 N–H and O–H groups in total. The van der Waals surface area contributed by atoms with Crippen LogP contribution in [-0.4, -0.2) is 68.7 Å². The highest BCUT2D eigenvalue weighted by Gasteiger charge is 2.28. The van der Waals surface area contributed by atoms with E-state index in [1.54, 1.807) is 0 Å². The Balaban J connectivity index is 4.48. The molecule has 0 heterocycles. The minimum Gasteiger partial charge on any atom is -0.378 e. The number of carbonyl (C=O) groups is 1. The Kier molecular flexibility index (Phi) is 15.9. The molecule has 0 aliphatic carbocycles. The molecule has 0 bridgehead atoms. The zero-order valence-corrected chi connectivity index (χ0v) is 19.2. The number of nitrogens with zero attached hydrogens (tertiary/aromatic N) is 2. The van der Waals surface area contributed by atoms with E-state index in [4.69, 9.17) is 32.9 Å². The molecule has 7 nitrogen and oxygen atoms in total. The van der Waals surface area contributed by atoms with E-state index in [9.17, 15) is 4.79 Å². The molecule has 166 valence electrons. The molecule has 0 rings (SSSR count). The van der Waals surface area contributed by atoms with Gasteiger partial charge in [0.2, 0.25) is 6.54 Å². The van der Waals surface area contributed by atoms with Gasteiger partial charge in [0.15, 0.2) is 5.78 Å². The van der Waals surface area contributed by atoms with Gasteiger partial charge in [-0.2, -0.15) is 0 Å². The molecule has 0 aromatic rings. The molecule has 29 heavy (non-hydrogen) atoms. The van der Waals surface area contributed by atoms with Crippen molar-refractivity contribution in [3.05, 3.63) is 11.4 Å². The van der Waals surface area contributed by atoms with Gasteiger partial charge in [-0.15, -0.1) is 12.3 Å². The molecule has 0 amide bonds. The van der Waals surface area contributed by atoms with Crippen molar-refractivity contribution in [1.82, 2.24) is 4.67 Å². The Morgan fingerprint density at radius 3 is 2.45 bits per heavy atom. The number of ether oxygens (including phenoxy) is 2. The van der Waals surface area contributed by atoms with Gasteiger partial charge in [-0.05, 0) is 33.6 Å². The summed E-state index contributed by atoms with van der Waals surface area (Å²) in [5.41, 5.74) is 0. The maximum atomic E-state index is 12.2. The van der Waals surface area contributed by atoms with Gasteiger partial charge in [0.05, 0.1) is 26.4 Å². The lowest BCUT2D eigenvalue weighted by molar-refractivity contribution is -0.125. The average molecular weight is 430 g/mol. The minimum atomic E-state index is -1.37. The van der Waals surface area contributed by atoms with Crippen LogP contribution in [0.3, 0.4) is 0 Å². The van der Waals surface area contributed by atoms with Crippen LogP contribution in [-0.2, 0) is 23.3 Å². The van der Waals surface area contributed by atoms with Gasteiger partial charge in [0.25, 0.3) is 8.53 Å². The number of Topliss-reactive ketones (excluding diaryl/α,β-unsaturated/α-hetero) is 1. The van der Waals surface area contributed by atoms with Crippen molar-refractivity contribution in [2.45, 2.75) is 59.5 Å². The first-order valence-corrected chi connectivity index (χ1v) is 11.1. The van der Waals surface area contributed by atoms with Gasteiger partial charge in [-0.1, -0.05) is 6.90 Å². The second-order valence-electron chi connectivity index (χ2n) is 7.04. The van der Waals surface area contributed by atoms with Crippen LogP contribution < -0.4 is 0 Å². The molecule has 0 aromatic carbocycles. The molecule has 0 saturated heterocycles. The van der Waals surface area contributed by atoms with E-state index in [0.717, 1.165) is 0 Å². The third-order valence-electron chi connectivity index (χ3n) is 3.61. The number of carbonyl (C=O) groups excluding carboxylic acids is 1. The molecule has 0 aliphatic heterocycles. The zero-order chi connectivity index (χ0) is 22.8. The molecular weight excluding hydrogens is 391 g/mol. The van der Waals surface area contributed by atoms with Crippen molar-refractivity contribution >= 4 is 14.3 Å². The lowest BCUT2D eigenvalue weighted by Crippen LogP contribution is -2.34. The van der Waals surface area contributed by atoms with E-state index in [0.29, 0.717) is 32.8 Å². The lowest BCUT2D eigenvalue weighted by atomic mass is 10.1. The molecule has 0 fully saturated rings. The first kappa shape index (κ1) is 26.0. The monoisotopic (exact) mass is 429 g/mol. The van der Waals surface area contributed by atoms with Gasteiger partial charge >= 0.3 is 0 Å². The average Bonchev–Trinajstić information content (AvgIpc) is 2.69. The predicted octanol–water partition coefficient (Wildman–Crippen LogP) is 3.94. The van der Waals surface area contributed by atoms with Gasteiger partial charge in [0.1, 0.15) is 13.2 Å².